The molecule has 0 bridgehead atoms. The molecule has 0 radical (unpaired) electrons. The molecule has 2 atom stereocenters. The number of amides is 1. The maximum absolute atomic E-state index is 12.3. The Morgan fingerprint density at radius 3 is 2.68 bits per heavy atom. The quantitative estimate of drug-likeness (QED) is 0.921. The number of rotatable bonds is 4. The number of halogens is 1. The Bertz CT molecular complexity index is 485. The van der Waals surface area contributed by atoms with Crippen LogP contribution in [0.5, 0.6) is 0 Å². The van der Waals surface area contributed by atoms with Crippen molar-refractivity contribution >= 4 is 27.8 Å². The van der Waals surface area contributed by atoms with E-state index >= 15 is 0 Å². The summed E-state index contributed by atoms with van der Waals surface area (Å²) < 4.78 is 5.97. The number of carbonyl (C=O) groups excluding carboxylic acids is 1. The normalized spacial score (nSPS) is 22.4. The molecule has 6 heteroatoms. The summed E-state index contributed by atoms with van der Waals surface area (Å²) in [5.74, 6) is -1.26. The largest absolute Gasteiger partial charge is 0.481 e. The molecule has 1 amide bonds. The van der Waals surface area contributed by atoms with E-state index in [2.05, 4.69) is 15.9 Å². The first-order chi connectivity index (χ1) is 8.99. The Labute approximate surface area is 119 Å². The average molecular weight is 330 g/mol. The lowest BCUT2D eigenvalue weighted by Gasteiger charge is -2.22. The number of carboxylic acid groups (broad SMARTS) is 1. The Kier molecular flexibility index (Phi) is 4.29. The molecule has 19 heavy (non-hydrogen) atoms. The van der Waals surface area contributed by atoms with Crippen LogP contribution in [0.3, 0.4) is 0 Å². The number of aliphatic carboxylic acids is 1. The predicted molar refractivity (Wildman–Crippen MR) is 71.3 cm³/mol. The van der Waals surface area contributed by atoms with Crippen LogP contribution in [0.2, 0.25) is 0 Å². The lowest BCUT2D eigenvalue weighted by Crippen LogP contribution is -2.36. The summed E-state index contributed by atoms with van der Waals surface area (Å²) in [6, 6.07) is 3.56. The maximum atomic E-state index is 12.3. The third kappa shape index (κ3) is 3.18. The Balaban J connectivity index is 2.00. The SMILES string of the molecule is CN(Cc1ccc(Br)o1)C(=O)[C@@H]1CCC[C@@H]1C(=O)O. The van der Waals surface area contributed by atoms with Gasteiger partial charge in [-0.1, -0.05) is 6.42 Å². The first kappa shape index (κ1) is 14.1. The lowest BCUT2D eigenvalue weighted by atomic mass is 9.95. The Morgan fingerprint density at radius 2 is 2.11 bits per heavy atom. The molecule has 1 N–H and O–H groups in total. The van der Waals surface area contributed by atoms with E-state index in [1.54, 1.807) is 19.2 Å². The van der Waals surface area contributed by atoms with E-state index in [0.29, 0.717) is 29.8 Å². The molecule has 0 aromatic carbocycles. The average Bonchev–Trinajstić information content (AvgIpc) is 2.97. The molecule has 1 saturated carbocycles. The summed E-state index contributed by atoms with van der Waals surface area (Å²) in [5.41, 5.74) is 0. The lowest BCUT2D eigenvalue weighted by molar-refractivity contribution is -0.148. The molecule has 1 aliphatic rings. The zero-order valence-electron chi connectivity index (χ0n) is 10.6. The summed E-state index contributed by atoms with van der Waals surface area (Å²) in [7, 11) is 1.68. The van der Waals surface area contributed by atoms with E-state index in [0.717, 1.165) is 6.42 Å². The van der Waals surface area contributed by atoms with Crippen LogP contribution in [0.1, 0.15) is 25.0 Å². The molecule has 1 fully saturated rings. The van der Waals surface area contributed by atoms with Crippen molar-refractivity contribution in [2.45, 2.75) is 25.8 Å². The van der Waals surface area contributed by atoms with E-state index in [9.17, 15) is 9.59 Å². The van der Waals surface area contributed by atoms with E-state index in [-0.39, 0.29) is 5.91 Å². The summed E-state index contributed by atoms with van der Waals surface area (Å²) >= 11 is 3.21. The molecule has 0 aliphatic heterocycles. The second kappa shape index (κ2) is 5.77. The second-order valence-electron chi connectivity index (χ2n) is 4.88. The van der Waals surface area contributed by atoms with Crippen molar-refractivity contribution in [2.24, 2.45) is 11.8 Å². The summed E-state index contributed by atoms with van der Waals surface area (Å²) in [4.78, 5) is 24.9. The van der Waals surface area contributed by atoms with Gasteiger partial charge < -0.3 is 14.4 Å². The van der Waals surface area contributed by atoms with E-state index in [4.69, 9.17) is 9.52 Å². The Hall–Kier alpha value is -1.30. The highest BCUT2D eigenvalue weighted by molar-refractivity contribution is 9.10. The van der Waals surface area contributed by atoms with E-state index < -0.39 is 17.8 Å². The van der Waals surface area contributed by atoms with Gasteiger partial charge in [0.2, 0.25) is 5.91 Å². The van der Waals surface area contributed by atoms with Crippen molar-refractivity contribution in [3.05, 3.63) is 22.6 Å². The van der Waals surface area contributed by atoms with Crippen LogP contribution in [0, 0.1) is 11.8 Å². The summed E-state index contributed by atoms with van der Waals surface area (Å²) in [6.07, 6.45) is 2.04. The zero-order chi connectivity index (χ0) is 14.0. The minimum absolute atomic E-state index is 0.113. The topological polar surface area (TPSA) is 70.8 Å². The predicted octanol–water partition coefficient (Wildman–Crippen LogP) is 2.50. The minimum atomic E-state index is -0.870. The molecular formula is C13H16BrNO4. The molecule has 1 heterocycles. The Morgan fingerprint density at radius 1 is 1.42 bits per heavy atom. The van der Waals surface area contributed by atoms with Crippen LogP contribution in [-0.4, -0.2) is 28.9 Å². The van der Waals surface area contributed by atoms with Crippen LogP contribution in [0.4, 0.5) is 0 Å². The van der Waals surface area contributed by atoms with Crippen molar-refractivity contribution in [1.82, 2.24) is 4.90 Å². The molecule has 1 aromatic heterocycles. The maximum Gasteiger partial charge on any atom is 0.307 e. The van der Waals surface area contributed by atoms with Crippen molar-refractivity contribution in [3.63, 3.8) is 0 Å². The fourth-order valence-corrected chi connectivity index (χ4v) is 2.92. The fraction of sp³-hybridized carbons (Fsp3) is 0.538. The van der Waals surface area contributed by atoms with E-state index in [1.165, 1.54) is 4.90 Å². The molecular weight excluding hydrogens is 314 g/mol. The minimum Gasteiger partial charge on any atom is -0.481 e. The van der Waals surface area contributed by atoms with Crippen LogP contribution >= 0.6 is 15.9 Å². The van der Waals surface area contributed by atoms with Gasteiger partial charge in [0.05, 0.1) is 18.4 Å². The first-order valence-corrected chi connectivity index (χ1v) is 7.00. The first-order valence-electron chi connectivity index (χ1n) is 6.21. The van der Waals surface area contributed by atoms with Crippen molar-refractivity contribution in [3.8, 4) is 0 Å². The zero-order valence-corrected chi connectivity index (χ0v) is 12.2. The number of nitrogens with zero attached hydrogens (tertiary/aromatic N) is 1. The van der Waals surface area contributed by atoms with Gasteiger partial charge in [-0.2, -0.15) is 0 Å². The van der Waals surface area contributed by atoms with E-state index in [1.807, 2.05) is 0 Å². The van der Waals surface area contributed by atoms with Gasteiger partial charge in [0.1, 0.15) is 5.76 Å². The highest BCUT2D eigenvalue weighted by Crippen LogP contribution is 2.33. The van der Waals surface area contributed by atoms with Gasteiger partial charge in [-0.15, -0.1) is 0 Å². The molecule has 104 valence electrons. The van der Waals surface area contributed by atoms with Crippen molar-refractivity contribution in [1.29, 1.82) is 0 Å². The highest BCUT2D eigenvalue weighted by atomic mass is 79.9. The number of carboxylic acids is 1. The number of hydrogen-bond acceptors (Lipinski definition) is 3. The van der Waals surface area contributed by atoms with Gasteiger partial charge in [0.25, 0.3) is 0 Å². The van der Waals surface area contributed by atoms with Crippen LogP contribution in [0.25, 0.3) is 0 Å². The van der Waals surface area contributed by atoms with Gasteiger partial charge in [-0.05, 0) is 40.9 Å². The standard InChI is InChI=1S/C13H16BrNO4/c1-15(7-8-5-6-11(14)19-8)12(16)9-3-2-4-10(9)13(17)18/h5-6,9-10H,2-4,7H2,1H3,(H,17,18)/t9-,10+/m1/s1. The van der Waals surface area contributed by atoms with Gasteiger partial charge in [0.15, 0.2) is 4.67 Å². The van der Waals surface area contributed by atoms with Gasteiger partial charge >= 0.3 is 5.97 Å². The van der Waals surface area contributed by atoms with Crippen LogP contribution in [0.15, 0.2) is 21.2 Å². The number of furan rings is 1. The van der Waals surface area contributed by atoms with Gasteiger partial charge in [-0.3, -0.25) is 9.59 Å². The van der Waals surface area contributed by atoms with Crippen LogP contribution in [-0.2, 0) is 16.1 Å². The second-order valence-corrected chi connectivity index (χ2v) is 5.66. The highest BCUT2D eigenvalue weighted by Gasteiger charge is 2.39. The monoisotopic (exact) mass is 329 g/mol. The van der Waals surface area contributed by atoms with Crippen molar-refractivity contribution in [2.75, 3.05) is 7.05 Å². The van der Waals surface area contributed by atoms with Crippen LogP contribution < -0.4 is 0 Å². The molecule has 1 aliphatic carbocycles. The third-order valence-corrected chi connectivity index (χ3v) is 3.97. The summed E-state index contributed by atoms with van der Waals surface area (Å²) in [6.45, 7) is 0.354. The van der Waals surface area contributed by atoms with Crippen molar-refractivity contribution < 1.29 is 19.1 Å². The third-order valence-electron chi connectivity index (χ3n) is 3.55. The number of carbonyl (C=O) groups is 2. The molecule has 2 rings (SSSR count). The molecule has 5 nitrogen and oxygen atoms in total. The summed E-state index contributed by atoms with van der Waals surface area (Å²) in [5, 5.41) is 9.11. The molecule has 0 spiro atoms. The molecule has 0 saturated heterocycles. The van der Waals surface area contributed by atoms with Gasteiger partial charge in [-0.25, -0.2) is 0 Å². The molecule has 0 unspecified atom stereocenters. The smallest absolute Gasteiger partial charge is 0.307 e. The number of hydrogen-bond donors (Lipinski definition) is 1. The van der Waals surface area contributed by atoms with Gasteiger partial charge in [0, 0.05) is 7.05 Å². The fourth-order valence-electron chi connectivity index (χ4n) is 2.58. The molecule has 1 aromatic rings.